The van der Waals surface area contributed by atoms with Crippen molar-refractivity contribution in [3.8, 4) is 0 Å². The van der Waals surface area contributed by atoms with Crippen molar-refractivity contribution < 1.29 is 5.11 Å². The first-order valence-corrected chi connectivity index (χ1v) is 4.94. The summed E-state index contributed by atoms with van der Waals surface area (Å²) in [5, 5.41) is 13.2. The second kappa shape index (κ2) is 4.42. The molecular formula is C10H18N2O. The molecule has 1 fully saturated rings. The van der Waals surface area contributed by atoms with Crippen LogP contribution in [0, 0.1) is 6.92 Å². The zero-order chi connectivity index (χ0) is 9.84. The second-order valence-electron chi connectivity index (χ2n) is 3.28. The summed E-state index contributed by atoms with van der Waals surface area (Å²) in [5.41, 5.74) is 1.19. The minimum Gasteiger partial charge on any atom is -0.393 e. The van der Waals surface area contributed by atoms with Gasteiger partial charge in [0.05, 0.1) is 18.3 Å². The predicted octanol–water partition coefficient (Wildman–Crippen LogP) is 1.91. The average molecular weight is 182 g/mol. The Balaban J connectivity index is 0.000000396. The zero-order valence-electron chi connectivity index (χ0n) is 8.57. The average Bonchev–Trinajstić information content (AvgIpc) is 2.50. The minimum atomic E-state index is -0.0930. The Morgan fingerprint density at radius 2 is 2.08 bits per heavy atom. The molecule has 0 radical (unpaired) electrons. The zero-order valence-corrected chi connectivity index (χ0v) is 8.57. The third-order valence-corrected chi connectivity index (χ3v) is 2.19. The normalized spacial score (nSPS) is 25.8. The van der Waals surface area contributed by atoms with Gasteiger partial charge in [0.15, 0.2) is 0 Å². The third kappa shape index (κ3) is 2.31. The molecule has 0 atom stereocenters. The van der Waals surface area contributed by atoms with Crippen molar-refractivity contribution in [2.45, 2.75) is 45.8 Å². The van der Waals surface area contributed by atoms with Crippen LogP contribution >= 0.6 is 0 Å². The molecule has 0 amide bonds. The highest BCUT2D eigenvalue weighted by Gasteiger charge is 2.28. The first-order valence-electron chi connectivity index (χ1n) is 4.94. The third-order valence-electron chi connectivity index (χ3n) is 2.19. The summed E-state index contributed by atoms with van der Waals surface area (Å²) in [6.45, 7) is 6.03. The Labute approximate surface area is 79.4 Å². The fourth-order valence-corrected chi connectivity index (χ4v) is 1.41. The Hall–Kier alpha value is -0.830. The smallest absolute Gasteiger partial charge is 0.0581 e. The maximum Gasteiger partial charge on any atom is 0.0581 e. The SMILES string of the molecule is CC.Cc1cnn(C2CC(O)C2)c1. The fourth-order valence-electron chi connectivity index (χ4n) is 1.41. The molecule has 13 heavy (non-hydrogen) atoms. The predicted molar refractivity (Wildman–Crippen MR) is 52.6 cm³/mol. The van der Waals surface area contributed by atoms with Gasteiger partial charge in [-0.05, 0) is 25.3 Å². The highest BCUT2D eigenvalue weighted by molar-refractivity contribution is 5.01. The van der Waals surface area contributed by atoms with Crippen LogP contribution in [0.3, 0.4) is 0 Å². The molecule has 2 rings (SSSR count). The van der Waals surface area contributed by atoms with Gasteiger partial charge in [-0.3, -0.25) is 4.68 Å². The lowest BCUT2D eigenvalue weighted by molar-refractivity contribution is 0.0434. The number of aromatic nitrogens is 2. The van der Waals surface area contributed by atoms with Crippen LogP contribution in [-0.4, -0.2) is 21.0 Å². The van der Waals surface area contributed by atoms with Gasteiger partial charge in [0.25, 0.3) is 0 Å². The Bertz CT molecular complexity index is 251. The summed E-state index contributed by atoms with van der Waals surface area (Å²) >= 11 is 0. The van der Waals surface area contributed by atoms with E-state index in [0.717, 1.165) is 12.8 Å². The number of rotatable bonds is 1. The van der Waals surface area contributed by atoms with Crippen LogP contribution in [0.5, 0.6) is 0 Å². The van der Waals surface area contributed by atoms with Gasteiger partial charge in [-0.1, -0.05) is 13.8 Å². The van der Waals surface area contributed by atoms with E-state index in [4.69, 9.17) is 5.11 Å². The molecule has 1 heterocycles. The summed E-state index contributed by atoms with van der Waals surface area (Å²) in [7, 11) is 0. The molecule has 1 N–H and O–H groups in total. The highest BCUT2D eigenvalue weighted by atomic mass is 16.3. The van der Waals surface area contributed by atoms with E-state index in [1.165, 1.54) is 5.56 Å². The fraction of sp³-hybridized carbons (Fsp3) is 0.700. The van der Waals surface area contributed by atoms with E-state index in [2.05, 4.69) is 5.10 Å². The monoisotopic (exact) mass is 182 g/mol. The van der Waals surface area contributed by atoms with Gasteiger partial charge in [-0.2, -0.15) is 5.10 Å². The molecule has 1 aliphatic carbocycles. The molecule has 0 aliphatic heterocycles. The van der Waals surface area contributed by atoms with Crippen molar-refractivity contribution in [3.63, 3.8) is 0 Å². The van der Waals surface area contributed by atoms with Crippen LogP contribution in [-0.2, 0) is 0 Å². The van der Waals surface area contributed by atoms with Gasteiger partial charge in [-0.15, -0.1) is 0 Å². The number of nitrogens with zero attached hydrogens (tertiary/aromatic N) is 2. The van der Waals surface area contributed by atoms with E-state index >= 15 is 0 Å². The number of hydrogen-bond donors (Lipinski definition) is 1. The van der Waals surface area contributed by atoms with Gasteiger partial charge >= 0.3 is 0 Å². The Kier molecular flexibility index (Phi) is 3.48. The summed E-state index contributed by atoms with van der Waals surface area (Å²) in [6.07, 6.45) is 5.51. The largest absolute Gasteiger partial charge is 0.393 e. The Morgan fingerprint density at radius 3 is 2.46 bits per heavy atom. The van der Waals surface area contributed by atoms with Crippen LogP contribution in [0.15, 0.2) is 12.4 Å². The van der Waals surface area contributed by atoms with E-state index in [0.29, 0.717) is 6.04 Å². The van der Waals surface area contributed by atoms with Crippen molar-refractivity contribution in [2.24, 2.45) is 0 Å². The molecule has 0 saturated heterocycles. The molecule has 74 valence electrons. The molecule has 1 aliphatic rings. The first kappa shape index (κ1) is 10.3. The maximum atomic E-state index is 9.05. The van der Waals surface area contributed by atoms with E-state index in [1.807, 2.05) is 37.8 Å². The number of aliphatic hydroxyl groups excluding tert-OH is 1. The van der Waals surface area contributed by atoms with Crippen molar-refractivity contribution in [2.75, 3.05) is 0 Å². The summed E-state index contributed by atoms with van der Waals surface area (Å²) < 4.78 is 1.95. The molecule has 0 unspecified atom stereocenters. The lowest BCUT2D eigenvalue weighted by Crippen LogP contribution is -2.30. The van der Waals surface area contributed by atoms with Gasteiger partial charge < -0.3 is 5.11 Å². The van der Waals surface area contributed by atoms with E-state index in [9.17, 15) is 0 Å². The topological polar surface area (TPSA) is 38.0 Å². The second-order valence-corrected chi connectivity index (χ2v) is 3.28. The Morgan fingerprint density at radius 1 is 1.46 bits per heavy atom. The van der Waals surface area contributed by atoms with Gasteiger partial charge in [-0.25, -0.2) is 0 Å². The number of aryl methyl sites for hydroxylation is 1. The standard InChI is InChI=1S/C8H12N2O.C2H6/c1-6-4-9-10(5-6)7-2-8(11)3-7;1-2/h4-5,7-8,11H,2-3H2,1H3;1-2H3. The quantitative estimate of drug-likeness (QED) is 0.720. The van der Waals surface area contributed by atoms with Crippen LogP contribution in [0.25, 0.3) is 0 Å². The number of hydrogen-bond acceptors (Lipinski definition) is 2. The molecule has 0 aromatic carbocycles. The summed E-state index contributed by atoms with van der Waals surface area (Å²) in [5.74, 6) is 0. The van der Waals surface area contributed by atoms with Crippen molar-refractivity contribution in [1.82, 2.24) is 9.78 Å². The van der Waals surface area contributed by atoms with Crippen LogP contribution in [0.2, 0.25) is 0 Å². The lowest BCUT2D eigenvalue weighted by Gasteiger charge is -2.31. The molecule has 1 saturated carbocycles. The molecule has 1 aromatic heterocycles. The molecule has 3 nitrogen and oxygen atoms in total. The first-order chi connectivity index (χ1) is 6.25. The van der Waals surface area contributed by atoms with E-state index in [1.54, 1.807) is 0 Å². The van der Waals surface area contributed by atoms with Crippen molar-refractivity contribution in [1.29, 1.82) is 0 Å². The summed E-state index contributed by atoms with van der Waals surface area (Å²) in [6, 6.07) is 0.443. The molecular weight excluding hydrogens is 164 g/mol. The molecule has 0 bridgehead atoms. The minimum absolute atomic E-state index is 0.0930. The molecule has 0 spiro atoms. The summed E-state index contributed by atoms with van der Waals surface area (Å²) in [4.78, 5) is 0. The van der Waals surface area contributed by atoms with E-state index < -0.39 is 0 Å². The highest BCUT2D eigenvalue weighted by Crippen LogP contribution is 2.31. The van der Waals surface area contributed by atoms with Gasteiger partial charge in [0.2, 0.25) is 0 Å². The van der Waals surface area contributed by atoms with Crippen LogP contribution < -0.4 is 0 Å². The molecule has 3 heteroatoms. The van der Waals surface area contributed by atoms with Crippen molar-refractivity contribution in [3.05, 3.63) is 18.0 Å². The number of aliphatic hydroxyl groups is 1. The van der Waals surface area contributed by atoms with Crippen LogP contribution in [0.1, 0.15) is 38.3 Å². The molecule has 1 aromatic rings. The van der Waals surface area contributed by atoms with E-state index in [-0.39, 0.29) is 6.10 Å². The van der Waals surface area contributed by atoms with Crippen molar-refractivity contribution >= 4 is 0 Å². The maximum absolute atomic E-state index is 9.05. The van der Waals surface area contributed by atoms with Gasteiger partial charge in [0.1, 0.15) is 0 Å². The van der Waals surface area contributed by atoms with Gasteiger partial charge in [0, 0.05) is 6.20 Å². The van der Waals surface area contributed by atoms with Crippen LogP contribution in [0.4, 0.5) is 0 Å². The lowest BCUT2D eigenvalue weighted by atomic mass is 9.90.